The average Bonchev–Trinajstić information content (AvgIpc) is 3.15. The van der Waals surface area contributed by atoms with Crippen molar-refractivity contribution in [3.63, 3.8) is 0 Å². The Labute approximate surface area is 138 Å². The summed E-state index contributed by atoms with van der Waals surface area (Å²) in [6.45, 7) is 0. The minimum absolute atomic E-state index is 0.371. The van der Waals surface area contributed by atoms with Crippen LogP contribution in [0.1, 0.15) is 22.0 Å². The standard InChI is InChI=1S/C17H15N5O2/c18-16(23)15(12-4-2-1-3-5-12)21-17(24)13-6-7-20-14(10-13)22-9-8-19-11-22/h1-11,15H,(H2,18,23)(H,21,24)/t15-/m0/s1. The molecule has 0 fully saturated rings. The summed E-state index contributed by atoms with van der Waals surface area (Å²) in [6, 6.07) is 11.1. The van der Waals surface area contributed by atoms with Gasteiger partial charge >= 0.3 is 0 Å². The Morgan fingerprint density at radius 1 is 1.12 bits per heavy atom. The normalized spacial score (nSPS) is 11.7. The van der Waals surface area contributed by atoms with Crippen LogP contribution in [-0.2, 0) is 4.79 Å². The van der Waals surface area contributed by atoms with Crippen molar-refractivity contribution in [1.82, 2.24) is 19.9 Å². The van der Waals surface area contributed by atoms with Gasteiger partial charge in [-0.15, -0.1) is 0 Å². The van der Waals surface area contributed by atoms with E-state index in [1.54, 1.807) is 59.7 Å². The van der Waals surface area contributed by atoms with Gasteiger partial charge in [-0.3, -0.25) is 14.2 Å². The van der Waals surface area contributed by atoms with Crippen molar-refractivity contribution in [3.05, 3.63) is 78.5 Å². The number of aromatic nitrogens is 3. The summed E-state index contributed by atoms with van der Waals surface area (Å²) in [6.07, 6.45) is 6.44. The van der Waals surface area contributed by atoms with Crippen molar-refractivity contribution in [2.45, 2.75) is 6.04 Å². The van der Waals surface area contributed by atoms with E-state index in [4.69, 9.17) is 5.73 Å². The van der Waals surface area contributed by atoms with E-state index >= 15 is 0 Å². The number of amides is 2. The second-order valence-electron chi connectivity index (χ2n) is 5.09. The van der Waals surface area contributed by atoms with Crippen LogP contribution in [0, 0.1) is 0 Å². The van der Waals surface area contributed by atoms with E-state index in [-0.39, 0.29) is 0 Å². The van der Waals surface area contributed by atoms with E-state index in [1.165, 1.54) is 6.20 Å². The number of rotatable bonds is 5. The van der Waals surface area contributed by atoms with Crippen LogP contribution in [0.25, 0.3) is 5.82 Å². The molecule has 0 radical (unpaired) electrons. The molecule has 0 aliphatic rings. The maximum absolute atomic E-state index is 12.5. The first-order chi connectivity index (χ1) is 11.6. The van der Waals surface area contributed by atoms with Gasteiger partial charge in [0, 0.05) is 24.2 Å². The van der Waals surface area contributed by atoms with Gasteiger partial charge in [0.1, 0.15) is 18.2 Å². The van der Waals surface area contributed by atoms with Crippen molar-refractivity contribution in [2.24, 2.45) is 5.73 Å². The molecule has 120 valence electrons. The van der Waals surface area contributed by atoms with Crippen LogP contribution in [0.2, 0.25) is 0 Å². The van der Waals surface area contributed by atoms with Gasteiger partial charge in [0.2, 0.25) is 5.91 Å². The smallest absolute Gasteiger partial charge is 0.252 e. The summed E-state index contributed by atoms with van der Waals surface area (Å²) in [5, 5.41) is 2.66. The van der Waals surface area contributed by atoms with Crippen LogP contribution in [0.15, 0.2) is 67.4 Å². The Bertz CT molecular complexity index is 846. The van der Waals surface area contributed by atoms with E-state index in [0.717, 1.165) is 0 Å². The summed E-state index contributed by atoms with van der Waals surface area (Å²) in [5.41, 5.74) is 6.42. The number of nitrogens with zero attached hydrogens (tertiary/aromatic N) is 3. The topological polar surface area (TPSA) is 103 Å². The molecule has 0 spiro atoms. The maximum Gasteiger partial charge on any atom is 0.252 e. The van der Waals surface area contributed by atoms with Crippen molar-refractivity contribution in [3.8, 4) is 5.82 Å². The molecule has 0 saturated carbocycles. The van der Waals surface area contributed by atoms with E-state index in [9.17, 15) is 9.59 Å². The third kappa shape index (κ3) is 3.30. The predicted octanol–water partition coefficient (Wildman–Crippen LogP) is 1.22. The second-order valence-corrected chi connectivity index (χ2v) is 5.09. The summed E-state index contributed by atoms with van der Waals surface area (Å²) < 4.78 is 1.68. The summed E-state index contributed by atoms with van der Waals surface area (Å²) in [4.78, 5) is 32.3. The van der Waals surface area contributed by atoms with Gasteiger partial charge in [-0.25, -0.2) is 9.97 Å². The number of hydrogen-bond acceptors (Lipinski definition) is 4. The predicted molar refractivity (Wildman–Crippen MR) is 87.2 cm³/mol. The molecule has 3 aromatic rings. The van der Waals surface area contributed by atoms with Gasteiger partial charge in [-0.05, 0) is 17.7 Å². The van der Waals surface area contributed by atoms with Crippen LogP contribution in [0.4, 0.5) is 0 Å². The maximum atomic E-state index is 12.5. The fourth-order valence-electron chi connectivity index (χ4n) is 2.27. The SMILES string of the molecule is NC(=O)[C@@H](NC(=O)c1ccnc(-n2ccnc2)c1)c1ccccc1. The zero-order chi connectivity index (χ0) is 16.9. The molecule has 1 atom stereocenters. The fourth-order valence-corrected chi connectivity index (χ4v) is 2.27. The third-order valence-electron chi connectivity index (χ3n) is 3.47. The number of primary amides is 1. The molecule has 7 nitrogen and oxygen atoms in total. The molecule has 0 bridgehead atoms. The molecular formula is C17H15N5O2. The number of imidazole rings is 1. The molecule has 0 unspecified atom stereocenters. The number of nitrogens with two attached hydrogens (primary N) is 1. The highest BCUT2D eigenvalue weighted by molar-refractivity contribution is 5.97. The van der Waals surface area contributed by atoms with Gasteiger partial charge < -0.3 is 11.1 Å². The Morgan fingerprint density at radius 3 is 2.58 bits per heavy atom. The van der Waals surface area contributed by atoms with Crippen molar-refractivity contribution in [2.75, 3.05) is 0 Å². The first-order valence-electron chi connectivity index (χ1n) is 7.24. The van der Waals surface area contributed by atoms with Crippen LogP contribution in [-0.4, -0.2) is 26.3 Å². The quantitative estimate of drug-likeness (QED) is 0.737. The fraction of sp³-hybridized carbons (Fsp3) is 0.0588. The van der Waals surface area contributed by atoms with Crippen molar-refractivity contribution < 1.29 is 9.59 Å². The lowest BCUT2D eigenvalue weighted by Gasteiger charge is -2.16. The van der Waals surface area contributed by atoms with Crippen LogP contribution in [0.3, 0.4) is 0 Å². The zero-order valence-electron chi connectivity index (χ0n) is 12.7. The van der Waals surface area contributed by atoms with E-state index in [2.05, 4.69) is 15.3 Å². The molecule has 7 heteroatoms. The number of benzene rings is 1. The van der Waals surface area contributed by atoms with Gasteiger partial charge in [-0.1, -0.05) is 30.3 Å². The molecule has 0 aliphatic heterocycles. The molecule has 2 aromatic heterocycles. The lowest BCUT2D eigenvalue weighted by molar-refractivity contribution is -0.120. The van der Waals surface area contributed by atoms with Gasteiger partial charge in [0.05, 0.1) is 0 Å². The highest BCUT2D eigenvalue weighted by Crippen LogP contribution is 2.14. The number of nitrogens with one attached hydrogen (secondary N) is 1. The molecule has 2 heterocycles. The first-order valence-corrected chi connectivity index (χ1v) is 7.24. The lowest BCUT2D eigenvalue weighted by Crippen LogP contribution is -2.37. The Kier molecular flexibility index (Phi) is 4.33. The molecule has 1 aromatic carbocycles. The van der Waals surface area contributed by atoms with Gasteiger partial charge in [0.25, 0.3) is 5.91 Å². The highest BCUT2D eigenvalue weighted by Gasteiger charge is 2.21. The minimum atomic E-state index is -0.899. The Hall–Kier alpha value is -3.48. The van der Waals surface area contributed by atoms with Crippen LogP contribution >= 0.6 is 0 Å². The van der Waals surface area contributed by atoms with Crippen molar-refractivity contribution >= 4 is 11.8 Å². The molecule has 2 amide bonds. The number of hydrogen-bond donors (Lipinski definition) is 2. The minimum Gasteiger partial charge on any atom is -0.368 e. The number of carbonyl (C=O) groups excluding carboxylic acids is 2. The molecule has 3 N–H and O–H groups in total. The van der Waals surface area contributed by atoms with Crippen LogP contribution < -0.4 is 11.1 Å². The van der Waals surface area contributed by atoms with Gasteiger partial charge in [0.15, 0.2) is 0 Å². The number of carbonyl (C=O) groups is 2. The lowest BCUT2D eigenvalue weighted by atomic mass is 10.1. The second kappa shape index (κ2) is 6.74. The summed E-state index contributed by atoms with van der Waals surface area (Å²) in [5.74, 6) is -0.486. The van der Waals surface area contributed by atoms with E-state index < -0.39 is 17.9 Å². The van der Waals surface area contributed by atoms with E-state index in [1.807, 2.05) is 6.07 Å². The van der Waals surface area contributed by atoms with Crippen LogP contribution in [0.5, 0.6) is 0 Å². The highest BCUT2D eigenvalue weighted by atomic mass is 16.2. The average molecular weight is 321 g/mol. The molecular weight excluding hydrogens is 306 g/mol. The summed E-state index contributed by atoms with van der Waals surface area (Å²) in [7, 11) is 0. The molecule has 0 saturated heterocycles. The first kappa shape index (κ1) is 15.4. The Balaban J connectivity index is 1.84. The Morgan fingerprint density at radius 2 is 1.92 bits per heavy atom. The zero-order valence-corrected chi connectivity index (χ0v) is 12.7. The largest absolute Gasteiger partial charge is 0.368 e. The monoisotopic (exact) mass is 321 g/mol. The number of pyridine rings is 1. The van der Waals surface area contributed by atoms with E-state index in [0.29, 0.717) is 16.9 Å². The third-order valence-corrected chi connectivity index (χ3v) is 3.47. The summed E-state index contributed by atoms with van der Waals surface area (Å²) >= 11 is 0. The molecule has 24 heavy (non-hydrogen) atoms. The molecule has 0 aliphatic carbocycles. The van der Waals surface area contributed by atoms with Gasteiger partial charge in [-0.2, -0.15) is 0 Å². The van der Waals surface area contributed by atoms with Crippen molar-refractivity contribution in [1.29, 1.82) is 0 Å². The molecule has 3 rings (SSSR count).